The summed E-state index contributed by atoms with van der Waals surface area (Å²) in [5.41, 5.74) is 4.54. The van der Waals surface area contributed by atoms with E-state index >= 15 is 0 Å². The number of anilines is 1. The van der Waals surface area contributed by atoms with Crippen LogP contribution in [-0.4, -0.2) is 16.1 Å². The number of benzene rings is 1. The number of nitrogens with zero attached hydrogens (tertiary/aromatic N) is 2. The largest absolute Gasteiger partial charge is 0.392 e. The third-order valence-electron chi connectivity index (χ3n) is 3.85. The Hall–Kier alpha value is -1.58. The number of pyridine rings is 1. The zero-order valence-electron chi connectivity index (χ0n) is 11.4. The van der Waals surface area contributed by atoms with Gasteiger partial charge < -0.3 is 10.0 Å². The lowest BCUT2D eigenvalue weighted by atomic mass is 9.94. The molecule has 4 heteroatoms. The van der Waals surface area contributed by atoms with Crippen LogP contribution < -0.4 is 4.90 Å². The molecule has 3 rings (SSSR count). The van der Waals surface area contributed by atoms with E-state index in [0.29, 0.717) is 6.04 Å². The predicted octanol–water partition coefficient (Wildman–Crippen LogP) is 3.18. The number of hydrogen-bond acceptors (Lipinski definition) is 3. The second-order valence-corrected chi connectivity index (χ2v) is 5.74. The van der Waals surface area contributed by atoms with Crippen LogP contribution in [0.3, 0.4) is 0 Å². The zero-order chi connectivity index (χ0) is 14.1. The molecule has 104 valence electrons. The van der Waals surface area contributed by atoms with Crippen LogP contribution in [0, 0.1) is 0 Å². The van der Waals surface area contributed by atoms with Crippen LogP contribution in [0.4, 0.5) is 5.69 Å². The van der Waals surface area contributed by atoms with Crippen molar-refractivity contribution in [2.75, 3.05) is 4.90 Å². The van der Waals surface area contributed by atoms with Crippen molar-refractivity contribution in [2.24, 2.45) is 0 Å². The Labute approximate surface area is 123 Å². The molecular weight excluding hydrogens is 272 g/mol. The van der Waals surface area contributed by atoms with Crippen molar-refractivity contribution in [1.82, 2.24) is 4.98 Å². The molecular formula is C16H17ClN2O. The molecule has 2 aromatic rings. The lowest BCUT2D eigenvalue weighted by Gasteiger charge is -2.36. The fourth-order valence-electron chi connectivity index (χ4n) is 2.77. The molecule has 1 aliphatic heterocycles. The molecule has 0 saturated carbocycles. The summed E-state index contributed by atoms with van der Waals surface area (Å²) in [6.07, 6.45) is 4.53. The normalized spacial score (nSPS) is 17.9. The van der Waals surface area contributed by atoms with Gasteiger partial charge in [0.2, 0.25) is 0 Å². The second kappa shape index (κ2) is 5.43. The minimum Gasteiger partial charge on any atom is -0.392 e. The minimum absolute atomic E-state index is 0.0231. The first kappa shape index (κ1) is 13.4. The maximum absolute atomic E-state index is 9.24. The summed E-state index contributed by atoms with van der Waals surface area (Å²) in [4.78, 5) is 6.53. The standard InChI is InChI=1S/C16H17ClN2O/c1-11-4-14-6-15(17)3-2-13(14)9-19(11)16-5-12(10-20)7-18-8-16/h2-3,5-8,11,20H,4,9-10H2,1H3. The van der Waals surface area contributed by atoms with Crippen molar-refractivity contribution >= 4 is 17.3 Å². The van der Waals surface area contributed by atoms with E-state index in [1.54, 1.807) is 6.20 Å². The summed E-state index contributed by atoms with van der Waals surface area (Å²) < 4.78 is 0. The van der Waals surface area contributed by atoms with Gasteiger partial charge in [-0.05, 0) is 48.2 Å². The Morgan fingerprint density at radius 3 is 2.95 bits per heavy atom. The highest BCUT2D eigenvalue weighted by molar-refractivity contribution is 6.30. The number of hydrogen-bond donors (Lipinski definition) is 1. The predicted molar refractivity (Wildman–Crippen MR) is 81.0 cm³/mol. The molecule has 20 heavy (non-hydrogen) atoms. The quantitative estimate of drug-likeness (QED) is 0.922. The number of halogens is 1. The van der Waals surface area contributed by atoms with Gasteiger partial charge >= 0.3 is 0 Å². The van der Waals surface area contributed by atoms with Gasteiger partial charge in [0.25, 0.3) is 0 Å². The molecule has 3 nitrogen and oxygen atoms in total. The molecule has 0 bridgehead atoms. The lowest BCUT2D eigenvalue weighted by molar-refractivity contribution is 0.281. The molecule has 1 unspecified atom stereocenters. The van der Waals surface area contributed by atoms with Crippen molar-refractivity contribution in [1.29, 1.82) is 0 Å². The molecule has 1 aromatic heterocycles. The van der Waals surface area contributed by atoms with Gasteiger partial charge in [0.1, 0.15) is 0 Å². The maximum atomic E-state index is 9.24. The van der Waals surface area contributed by atoms with Crippen LogP contribution in [0.25, 0.3) is 0 Å². The molecule has 0 aliphatic carbocycles. The summed E-state index contributed by atoms with van der Waals surface area (Å²) >= 11 is 6.07. The van der Waals surface area contributed by atoms with E-state index < -0.39 is 0 Å². The molecule has 1 N–H and O–H groups in total. The van der Waals surface area contributed by atoms with E-state index in [1.165, 1.54) is 11.1 Å². The van der Waals surface area contributed by atoms with Crippen LogP contribution in [-0.2, 0) is 19.6 Å². The number of rotatable bonds is 2. The third kappa shape index (κ3) is 2.51. The molecule has 1 aliphatic rings. The van der Waals surface area contributed by atoms with Gasteiger partial charge in [-0.25, -0.2) is 0 Å². The summed E-state index contributed by atoms with van der Waals surface area (Å²) in [6.45, 7) is 3.08. The Balaban J connectivity index is 1.93. The van der Waals surface area contributed by atoms with Gasteiger partial charge in [-0.2, -0.15) is 0 Å². The van der Waals surface area contributed by atoms with Crippen LogP contribution in [0.5, 0.6) is 0 Å². The molecule has 2 heterocycles. The lowest BCUT2D eigenvalue weighted by Crippen LogP contribution is -2.38. The van der Waals surface area contributed by atoms with E-state index in [2.05, 4.69) is 28.9 Å². The van der Waals surface area contributed by atoms with Crippen molar-refractivity contribution in [2.45, 2.75) is 32.5 Å². The van der Waals surface area contributed by atoms with Gasteiger partial charge in [0, 0.05) is 23.8 Å². The third-order valence-corrected chi connectivity index (χ3v) is 4.09. The van der Waals surface area contributed by atoms with E-state index in [0.717, 1.165) is 29.2 Å². The molecule has 0 spiro atoms. The molecule has 0 amide bonds. The number of aliphatic hydroxyl groups is 1. The van der Waals surface area contributed by atoms with Crippen LogP contribution >= 0.6 is 11.6 Å². The van der Waals surface area contributed by atoms with Crippen molar-refractivity contribution in [3.63, 3.8) is 0 Å². The zero-order valence-corrected chi connectivity index (χ0v) is 12.1. The first-order valence-electron chi connectivity index (χ1n) is 6.76. The van der Waals surface area contributed by atoms with Gasteiger partial charge in [-0.3, -0.25) is 4.98 Å². The average Bonchev–Trinajstić information content (AvgIpc) is 2.46. The highest BCUT2D eigenvalue weighted by Crippen LogP contribution is 2.30. The first-order chi connectivity index (χ1) is 9.67. The highest BCUT2D eigenvalue weighted by Gasteiger charge is 2.23. The molecule has 1 atom stereocenters. The van der Waals surface area contributed by atoms with Gasteiger partial charge in [0.05, 0.1) is 18.5 Å². The molecule has 0 saturated heterocycles. The van der Waals surface area contributed by atoms with Gasteiger partial charge in [-0.15, -0.1) is 0 Å². The maximum Gasteiger partial charge on any atom is 0.0697 e. The SMILES string of the molecule is CC1Cc2cc(Cl)ccc2CN1c1cncc(CO)c1. The topological polar surface area (TPSA) is 36.4 Å². The first-order valence-corrected chi connectivity index (χ1v) is 7.14. The molecule has 1 aromatic carbocycles. The van der Waals surface area contributed by atoms with Gasteiger partial charge in [-0.1, -0.05) is 17.7 Å². The molecule has 0 fully saturated rings. The van der Waals surface area contributed by atoms with Crippen molar-refractivity contribution < 1.29 is 5.11 Å². The monoisotopic (exact) mass is 288 g/mol. The van der Waals surface area contributed by atoms with E-state index in [-0.39, 0.29) is 6.61 Å². The summed E-state index contributed by atoms with van der Waals surface area (Å²) in [6, 6.07) is 8.49. The van der Waals surface area contributed by atoms with E-state index in [1.807, 2.05) is 18.3 Å². The Kier molecular flexibility index (Phi) is 3.64. The van der Waals surface area contributed by atoms with Crippen LogP contribution in [0.2, 0.25) is 5.02 Å². The van der Waals surface area contributed by atoms with E-state index in [9.17, 15) is 5.11 Å². The molecule has 0 radical (unpaired) electrons. The van der Waals surface area contributed by atoms with Crippen molar-refractivity contribution in [3.8, 4) is 0 Å². The summed E-state index contributed by atoms with van der Waals surface area (Å²) in [7, 11) is 0. The Morgan fingerprint density at radius 2 is 2.15 bits per heavy atom. The van der Waals surface area contributed by atoms with Gasteiger partial charge in [0.15, 0.2) is 0 Å². The van der Waals surface area contributed by atoms with Crippen molar-refractivity contribution in [3.05, 3.63) is 58.4 Å². The average molecular weight is 289 g/mol. The summed E-state index contributed by atoms with van der Waals surface area (Å²) in [5.74, 6) is 0. The number of fused-ring (bicyclic) bond motifs is 1. The minimum atomic E-state index is 0.0231. The highest BCUT2D eigenvalue weighted by atomic mass is 35.5. The number of aliphatic hydroxyl groups excluding tert-OH is 1. The Morgan fingerprint density at radius 1 is 1.30 bits per heavy atom. The smallest absolute Gasteiger partial charge is 0.0697 e. The number of aromatic nitrogens is 1. The fourth-order valence-corrected chi connectivity index (χ4v) is 2.96. The van der Waals surface area contributed by atoms with E-state index in [4.69, 9.17) is 11.6 Å². The van der Waals surface area contributed by atoms with Crippen LogP contribution in [0.15, 0.2) is 36.7 Å². The fraction of sp³-hybridized carbons (Fsp3) is 0.312. The summed E-state index contributed by atoms with van der Waals surface area (Å²) in [5, 5.41) is 10.0. The van der Waals surface area contributed by atoms with Crippen LogP contribution in [0.1, 0.15) is 23.6 Å². The second-order valence-electron chi connectivity index (χ2n) is 5.30. The Bertz CT molecular complexity index is 630.